The van der Waals surface area contributed by atoms with E-state index >= 15 is 0 Å². The van der Waals surface area contributed by atoms with Crippen molar-refractivity contribution in [2.45, 2.75) is 19.3 Å². The second kappa shape index (κ2) is 8.37. The minimum absolute atomic E-state index is 0.0711. The minimum atomic E-state index is -4.77. The summed E-state index contributed by atoms with van der Waals surface area (Å²) in [7, 11) is 1.48. The fourth-order valence-electron chi connectivity index (χ4n) is 2.37. The second-order valence-corrected chi connectivity index (χ2v) is 5.72. The third kappa shape index (κ3) is 5.33. The molecule has 0 fully saturated rings. The Morgan fingerprint density at radius 3 is 2.46 bits per heavy atom. The second-order valence-electron chi connectivity index (χ2n) is 5.32. The minimum Gasteiger partial charge on any atom is -0.460 e. The number of carbonyl (C=O) groups excluding carboxylic acids is 1. The van der Waals surface area contributed by atoms with E-state index in [4.69, 9.17) is 21.7 Å². The summed E-state index contributed by atoms with van der Waals surface area (Å²) in [4.78, 5) is 12.4. The molecule has 0 saturated heterocycles. The van der Waals surface area contributed by atoms with Gasteiger partial charge in [-0.2, -0.15) is 0 Å². The van der Waals surface area contributed by atoms with E-state index in [-0.39, 0.29) is 29.6 Å². The number of benzene rings is 1. The summed E-state index contributed by atoms with van der Waals surface area (Å²) in [6, 6.07) is 4.50. The van der Waals surface area contributed by atoms with Crippen LogP contribution in [0.4, 0.5) is 13.2 Å². The van der Waals surface area contributed by atoms with Gasteiger partial charge in [-0.15, -0.1) is 13.2 Å². The van der Waals surface area contributed by atoms with Gasteiger partial charge in [-0.3, -0.25) is 0 Å². The fourth-order valence-corrected chi connectivity index (χ4v) is 2.64. The van der Waals surface area contributed by atoms with Crippen molar-refractivity contribution in [2.24, 2.45) is 0 Å². The Kier molecular flexibility index (Phi) is 6.43. The molecule has 2 rings (SSSR count). The Hall–Kier alpha value is -2.33. The number of ether oxygens (including phenoxy) is 3. The molecule has 0 saturated carbocycles. The van der Waals surface area contributed by atoms with Crippen LogP contribution >= 0.6 is 12.2 Å². The quantitative estimate of drug-likeness (QED) is 0.440. The van der Waals surface area contributed by atoms with E-state index in [1.165, 1.54) is 31.4 Å². The molecule has 1 aromatic carbocycles. The number of alkyl halides is 3. The molecule has 142 valence electrons. The van der Waals surface area contributed by atoms with Gasteiger partial charge in [0, 0.05) is 12.8 Å². The van der Waals surface area contributed by atoms with Gasteiger partial charge < -0.3 is 24.8 Å². The molecule has 0 bridgehead atoms. The maximum Gasteiger partial charge on any atom is 0.573 e. The topological polar surface area (TPSA) is 68.8 Å². The van der Waals surface area contributed by atoms with Gasteiger partial charge in [-0.1, -0.05) is 12.1 Å². The van der Waals surface area contributed by atoms with Crippen LogP contribution in [-0.4, -0.2) is 37.8 Å². The van der Waals surface area contributed by atoms with Crippen molar-refractivity contribution >= 4 is 23.3 Å². The van der Waals surface area contributed by atoms with E-state index < -0.39 is 18.4 Å². The third-order valence-corrected chi connectivity index (χ3v) is 3.68. The summed E-state index contributed by atoms with van der Waals surface area (Å²) in [6.07, 6.45) is -4.77. The summed E-state index contributed by atoms with van der Waals surface area (Å²) in [5.74, 6) is -0.939. The van der Waals surface area contributed by atoms with Gasteiger partial charge >= 0.3 is 12.3 Å². The van der Waals surface area contributed by atoms with Crippen LogP contribution in [0.3, 0.4) is 0 Å². The standard InChI is InChI=1S/C16H17F3N2O4S/c1-9-12(14(22)24-8-7-23-2)13(21-15(26)20-9)10-3-5-11(6-4-10)25-16(17,18)19/h3-6,13H,7-8H2,1-2H3,(H2,20,21,26)/t13-/m0/s1. The van der Waals surface area contributed by atoms with Crippen molar-refractivity contribution in [3.63, 3.8) is 0 Å². The number of halogens is 3. The first kappa shape index (κ1) is 20.0. The Bertz CT molecular complexity index is 704. The molecule has 0 aliphatic carbocycles. The number of allylic oxidation sites excluding steroid dienone is 1. The Morgan fingerprint density at radius 2 is 1.88 bits per heavy atom. The van der Waals surface area contributed by atoms with Gasteiger partial charge in [0.25, 0.3) is 0 Å². The molecule has 26 heavy (non-hydrogen) atoms. The highest BCUT2D eigenvalue weighted by Crippen LogP contribution is 2.30. The maximum absolute atomic E-state index is 12.4. The van der Waals surface area contributed by atoms with Crippen molar-refractivity contribution in [1.29, 1.82) is 0 Å². The lowest BCUT2D eigenvalue weighted by Crippen LogP contribution is -2.45. The Labute approximate surface area is 153 Å². The molecule has 2 N–H and O–H groups in total. The molecule has 6 nitrogen and oxygen atoms in total. The Morgan fingerprint density at radius 1 is 1.23 bits per heavy atom. The molecule has 0 radical (unpaired) electrons. The fraction of sp³-hybridized carbons (Fsp3) is 0.375. The summed E-state index contributed by atoms with van der Waals surface area (Å²) in [6.45, 7) is 1.97. The molecule has 0 spiro atoms. The first-order chi connectivity index (χ1) is 12.2. The lowest BCUT2D eigenvalue weighted by molar-refractivity contribution is -0.274. The predicted octanol–water partition coefficient (Wildman–Crippen LogP) is 2.57. The van der Waals surface area contributed by atoms with E-state index in [0.29, 0.717) is 11.3 Å². The summed E-state index contributed by atoms with van der Waals surface area (Å²) >= 11 is 5.10. The first-order valence-corrected chi connectivity index (χ1v) is 7.92. The zero-order valence-corrected chi connectivity index (χ0v) is 14.8. The maximum atomic E-state index is 12.4. The van der Waals surface area contributed by atoms with Crippen LogP contribution < -0.4 is 15.4 Å². The number of carbonyl (C=O) groups is 1. The van der Waals surface area contributed by atoms with E-state index in [0.717, 1.165) is 0 Å². The molecule has 0 amide bonds. The highest BCUT2D eigenvalue weighted by atomic mass is 32.1. The highest BCUT2D eigenvalue weighted by Gasteiger charge is 2.33. The van der Waals surface area contributed by atoms with Crippen molar-refractivity contribution in [3.8, 4) is 5.75 Å². The highest BCUT2D eigenvalue weighted by molar-refractivity contribution is 7.80. The lowest BCUT2D eigenvalue weighted by Gasteiger charge is -2.30. The third-order valence-electron chi connectivity index (χ3n) is 3.46. The van der Waals surface area contributed by atoms with E-state index in [1.807, 2.05) is 0 Å². The molecule has 1 atom stereocenters. The van der Waals surface area contributed by atoms with Crippen LogP contribution in [-0.2, 0) is 14.3 Å². The van der Waals surface area contributed by atoms with Crippen LogP contribution in [0.2, 0.25) is 0 Å². The number of hydrogen-bond donors (Lipinski definition) is 2. The van der Waals surface area contributed by atoms with Crippen molar-refractivity contribution in [2.75, 3.05) is 20.3 Å². The van der Waals surface area contributed by atoms with Crippen molar-refractivity contribution in [1.82, 2.24) is 10.6 Å². The number of nitrogens with one attached hydrogen (secondary N) is 2. The molecule has 0 aromatic heterocycles. The van der Waals surface area contributed by atoms with Crippen LogP contribution in [0.15, 0.2) is 35.5 Å². The van der Waals surface area contributed by atoms with Gasteiger partial charge in [-0.25, -0.2) is 4.79 Å². The van der Waals surface area contributed by atoms with E-state index in [9.17, 15) is 18.0 Å². The van der Waals surface area contributed by atoms with Gasteiger partial charge in [0.1, 0.15) is 12.4 Å². The zero-order chi connectivity index (χ0) is 19.3. The van der Waals surface area contributed by atoms with Crippen LogP contribution in [0, 0.1) is 0 Å². The smallest absolute Gasteiger partial charge is 0.460 e. The van der Waals surface area contributed by atoms with Crippen molar-refractivity contribution in [3.05, 3.63) is 41.1 Å². The van der Waals surface area contributed by atoms with Crippen LogP contribution in [0.1, 0.15) is 18.5 Å². The number of rotatable bonds is 6. The summed E-state index contributed by atoms with van der Waals surface area (Å²) < 4.78 is 50.7. The summed E-state index contributed by atoms with van der Waals surface area (Å²) in [5.41, 5.74) is 1.30. The van der Waals surface area contributed by atoms with Crippen molar-refractivity contribution < 1.29 is 32.2 Å². The molecular formula is C16H17F3N2O4S. The molecular weight excluding hydrogens is 373 g/mol. The first-order valence-electron chi connectivity index (χ1n) is 7.51. The Balaban J connectivity index is 2.25. The normalized spacial score (nSPS) is 17.4. The zero-order valence-electron chi connectivity index (χ0n) is 14.0. The molecule has 1 aromatic rings. The van der Waals surface area contributed by atoms with Gasteiger partial charge in [0.2, 0.25) is 0 Å². The average Bonchev–Trinajstić information content (AvgIpc) is 2.53. The monoisotopic (exact) mass is 390 g/mol. The van der Waals surface area contributed by atoms with Crippen LogP contribution in [0.5, 0.6) is 5.75 Å². The summed E-state index contributed by atoms with van der Waals surface area (Å²) in [5, 5.41) is 6.05. The average molecular weight is 390 g/mol. The molecule has 10 heteroatoms. The molecule has 0 unspecified atom stereocenters. The number of hydrogen-bond acceptors (Lipinski definition) is 5. The van der Waals surface area contributed by atoms with Crippen LogP contribution in [0.25, 0.3) is 0 Å². The number of thiocarbonyl (C=S) groups is 1. The van der Waals surface area contributed by atoms with Gasteiger partial charge in [-0.05, 0) is 36.8 Å². The van der Waals surface area contributed by atoms with Gasteiger partial charge in [0.15, 0.2) is 5.11 Å². The van der Waals surface area contributed by atoms with E-state index in [2.05, 4.69) is 15.4 Å². The molecule has 1 aliphatic rings. The molecule has 1 aliphatic heterocycles. The predicted molar refractivity (Wildman–Crippen MR) is 90.3 cm³/mol. The van der Waals surface area contributed by atoms with Gasteiger partial charge in [0.05, 0.1) is 18.2 Å². The largest absolute Gasteiger partial charge is 0.573 e. The number of esters is 1. The lowest BCUT2D eigenvalue weighted by atomic mass is 9.95. The SMILES string of the molecule is COCCOC(=O)C1=C(C)NC(=S)N[C@H]1c1ccc(OC(F)(F)F)cc1. The molecule has 1 heterocycles. The number of methoxy groups -OCH3 is 1. The van der Waals surface area contributed by atoms with E-state index in [1.54, 1.807) is 6.92 Å².